The molecule has 1 fully saturated rings. The fraction of sp³-hybridized carbons (Fsp3) is 0.750. The van der Waals surface area contributed by atoms with Gasteiger partial charge in [-0.15, -0.1) is 0 Å². The fourth-order valence-corrected chi connectivity index (χ4v) is 2.97. The van der Waals surface area contributed by atoms with Crippen LogP contribution in [0, 0.1) is 17.3 Å². The van der Waals surface area contributed by atoms with Crippen molar-refractivity contribution in [2.75, 3.05) is 0 Å². The zero-order chi connectivity index (χ0) is 10.5. The molecule has 0 aromatic rings. The van der Waals surface area contributed by atoms with Gasteiger partial charge >= 0.3 is 5.97 Å². The third-order valence-corrected chi connectivity index (χ3v) is 4.13. The first-order chi connectivity index (χ1) is 6.43. The Hall–Kier alpha value is -0.790. The average molecular weight is 194 g/mol. The molecule has 0 heterocycles. The maximum Gasteiger partial charge on any atom is 0.307 e. The molecule has 0 aliphatic heterocycles. The van der Waals surface area contributed by atoms with Crippen molar-refractivity contribution >= 4 is 5.97 Å². The number of carbonyl (C=O) groups excluding carboxylic acids is 1. The Morgan fingerprint density at radius 3 is 2.57 bits per heavy atom. The third-order valence-electron chi connectivity index (χ3n) is 4.13. The minimum atomic E-state index is -0.182. The molecule has 3 rings (SSSR count). The van der Waals surface area contributed by atoms with Crippen LogP contribution in [0.4, 0.5) is 0 Å². The number of rotatable bonds is 1. The summed E-state index contributed by atoms with van der Waals surface area (Å²) in [6.45, 7) is 8.23. The normalized spacial score (nSPS) is 33.7. The van der Waals surface area contributed by atoms with Gasteiger partial charge in [0.2, 0.25) is 0 Å². The van der Waals surface area contributed by atoms with Crippen molar-refractivity contribution in [3.05, 3.63) is 11.3 Å². The van der Waals surface area contributed by atoms with Crippen LogP contribution in [0.1, 0.15) is 40.5 Å². The molecule has 14 heavy (non-hydrogen) atoms. The summed E-state index contributed by atoms with van der Waals surface area (Å²) in [7, 11) is 0. The second kappa shape index (κ2) is 2.85. The number of carbonyl (C=O) groups is 1. The van der Waals surface area contributed by atoms with Crippen LogP contribution in [-0.2, 0) is 9.53 Å². The first-order valence-electron chi connectivity index (χ1n) is 5.31. The van der Waals surface area contributed by atoms with E-state index in [1.165, 1.54) is 18.9 Å². The Balaban J connectivity index is 2.22. The summed E-state index contributed by atoms with van der Waals surface area (Å²) in [6, 6.07) is 0. The minimum absolute atomic E-state index is 0.182. The van der Waals surface area contributed by atoms with Crippen molar-refractivity contribution < 1.29 is 9.53 Å². The van der Waals surface area contributed by atoms with Crippen LogP contribution in [0.3, 0.4) is 0 Å². The summed E-state index contributed by atoms with van der Waals surface area (Å²) < 4.78 is 5.24. The molecule has 0 aromatic carbocycles. The van der Waals surface area contributed by atoms with Gasteiger partial charge in [-0.05, 0) is 36.2 Å². The molecule has 1 saturated carbocycles. The van der Waals surface area contributed by atoms with E-state index >= 15 is 0 Å². The van der Waals surface area contributed by atoms with E-state index in [-0.39, 0.29) is 5.97 Å². The molecule has 3 aliphatic rings. The van der Waals surface area contributed by atoms with Crippen molar-refractivity contribution in [3.63, 3.8) is 0 Å². The predicted molar refractivity (Wildman–Crippen MR) is 54.5 cm³/mol. The van der Waals surface area contributed by atoms with Gasteiger partial charge in [0.05, 0.1) is 0 Å². The molecule has 2 nitrogen and oxygen atoms in total. The first-order valence-corrected chi connectivity index (χ1v) is 5.31. The molecule has 2 bridgehead atoms. The predicted octanol–water partition coefficient (Wildman–Crippen LogP) is 2.89. The summed E-state index contributed by atoms with van der Waals surface area (Å²) in [5.41, 5.74) is 1.72. The first kappa shape index (κ1) is 9.75. The van der Waals surface area contributed by atoms with Crippen LogP contribution < -0.4 is 0 Å². The molecular weight excluding hydrogens is 176 g/mol. The Morgan fingerprint density at radius 1 is 1.50 bits per heavy atom. The van der Waals surface area contributed by atoms with Gasteiger partial charge in [0.1, 0.15) is 5.76 Å². The summed E-state index contributed by atoms with van der Waals surface area (Å²) in [5, 5.41) is 0. The zero-order valence-electron chi connectivity index (χ0n) is 9.39. The van der Waals surface area contributed by atoms with Crippen LogP contribution >= 0.6 is 0 Å². The topological polar surface area (TPSA) is 26.3 Å². The van der Waals surface area contributed by atoms with Gasteiger partial charge in [0.15, 0.2) is 0 Å². The van der Waals surface area contributed by atoms with Crippen LogP contribution in [0.5, 0.6) is 0 Å². The van der Waals surface area contributed by atoms with Crippen LogP contribution in [0.2, 0.25) is 0 Å². The molecule has 0 saturated heterocycles. The van der Waals surface area contributed by atoms with Gasteiger partial charge in [-0.2, -0.15) is 0 Å². The number of ether oxygens (including phenoxy) is 1. The molecule has 78 valence electrons. The van der Waals surface area contributed by atoms with E-state index in [0.717, 1.165) is 12.2 Å². The minimum Gasteiger partial charge on any atom is -0.431 e. The van der Waals surface area contributed by atoms with E-state index < -0.39 is 0 Å². The zero-order valence-corrected chi connectivity index (χ0v) is 9.39. The molecule has 3 aliphatic carbocycles. The highest BCUT2D eigenvalue weighted by molar-refractivity contribution is 5.67. The largest absolute Gasteiger partial charge is 0.431 e. The van der Waals surface area contributed by atoms with E-state index in [0.29, 0.717) is 17.3 Å². The molecule has 0 unspecified atom stereocenters. The fourth-order valence-electron chi connectivity index (χ4n) is 2.97. The highest BCUT2D eigenvalue weighted by Gasteiger charge is 2.52. The maximum atomic E-state index is 10.9. The van der Waals surface area contributed by atoms with Crippen molar-refractivity contribution in [2.24, 2.45) is 17.3 Å². The molecule has 0 N–H and O–H groups in total. The molecule has 2 atom stereocenters. The second-order valence-electron chi connectivity index (χ2n) is 5.21. The average Bonchev–Trinajstić information content (AvgIpc) is 2.06. The SMILES string of the molecule is CC(=O)OC1=C(C)[C@@H]2C[C@@H](C1)C2(C)C. The van der Waals surface area contributed by atoms with Gasteiger partial charge in [-0.25, -0.2) is 0 Å². The number of hydrogen-bond acceptors (Lipinski definition) is 2. The van der Waals surface area contributed by atoms with Crippen molar-refractivity contribution in [1.29, 1.82) is 0 Å². The van der Waals surface area contributed by atoms with Gasteiger partial charge in [-0.3, -0.25) is 4.79 Å². The lowest BCUT2D eigenvalue weighted by atomic mass is 9.48. The molecule has 0 amide bonds. The van der Waals surface area contributed by atoms with Crippen LogP contribution in [0.25, 0.3) is 0 Å². The highest BCUT2D eigenvalue weighted by Crippen LogP contribution is 2.60. The lowest BCUT2D eigenvalue weighted by molar-refractivity contribution is -0.139. The van der Waals surface area contributed by atoms with Crippen LogP contribution in [0.15, 0.2) is 11.3 Å². The second-order valence-corrected chi connectivity index (χ2v) is 5.21. The number of fused-ring (bicyclic) bond motifs is 1. The van der Waals surface area contributed by atoms with Crippen molar-refractivity contribution in [3.8, 4) is 0 Å². The van der Waals surface area contributed by atoms with Crippen LogP contribution in [-0.4, -0.2) is 5.97 Å². The van der Waals surface area contributed by atoms with E-state index in [4.69, 9.17) is 4.74 Å². The molecular formula is C12H18O2. The van der Waals surface area contributed by atoms with E-state index in [9.17, 15) is 4.79 Å². The maximum absolute atomic E-state index is 10.9. The van der Waals surface area contributed by atoms with Crippen molar-refractivity contribution in [1.82, 2.24) is 0 Å². The molecule has 0 aromatic heterocycles. The third kappa shape index (κ3) is 1.20. The van der Waals surface area contributed by atoms with E-state index in [1.807, 2.05) is 0 Å². The Kier molecular flexibility index (Phi) is 1.98. The van der Waals surface area contributed by atoms with Gasteiger partial charge in [0.25, 0.3) is 0 Å². The smallest absolute Gasteiger partial charge is 0.307 e. The lowest BCUT2D eigenvalue weighted by Gasteiger charge is -2.56. The number of allylic oxidation sites excluding steroid dienone is 2. The summed E-state index contributed by atoms with van der Waals surface area (Å²) in [6.07, 6.45) is 2.23. The monoisotopic (exact) mass is 194 g/mol. The van der Waals surface area contributed by atoms with Gasteiger partial charge < -0.3 is 4.74 Å². The van der Waals surface area contributed by atoms with Crippen molar-refractivity contribution in [2.45, 2.75) is 40.5 Å². The standard InChI is InChI=1S/C12H18O2/c1-7-10-5-9(12(10,3)4)6-11(7)14-8(2)13/h9-10H,5-6H2,1-4H3/t9-,10-/m0/s1. The van der Waals surface area contributed by atoms with E-state index in [1.54, 1.807) is 0 Å². The van der Waals surface area contributed by atoms with Gasteiger partial charge in [-0.1, -0.05) is 13.8 Å². The summed E-state index contributed by atoms with van der Waals surface area (Å²) in [4.78, 5) is 10.9. The molecule has 0 radical (unpaired) electrons. The number of esters is 1. The lowest BCUT2D eigenvalue weighted by Crippen LogP contribution is -2.49. The quantitative estimate of drug-likeness (QED) is 0.600. The molecule has 0 spiro atoms. The van der Waals surface area contributed by atoms with Gasteiger partial charge in [0, 0.05) is 13.3 Å². The highest BCUT2D eigenvalue weighted by atomic mass is 16.5. The summed E-state index contributed by atoms with van der Waals surface area (Å²) >= 11 is 0. The Labute approximate surface area is 85.3 Å². The Morgan fingerprint density at radius 2 is 2.14 bits per heavy atom. The number of hydrogen-bond donors (Lipinski definition) is 0. The molecule has 2 heteroatoms. The summed E-state index contributed by atoms with van der Waals surface area (Å²) in [5.74, 6) is 2.11. The Bertz CT molecular complexity index is 312. The van der Waals surface area contributed by atoms with E-state index in [2.05, 4.69) is 20.8 Å².